The lowest BCUT2D eigenvalue weighted by Crippen LogP contribution is -2.18. The monoisotopic (exact) mass is 276 g/mol. The van der Waals surface area contributed by atoms with Crippen LogP contribution >= 0.6 is 0 Å². The third kappa shape index (κ3) is 3.59. The van der Waals surface area contributed by atoms with E-state index in [1.165, 1.54) is 6.92 Å². The number of furan rings is 1. The molecule has 1 aromatic heterocycles. The Balaban J connectivity index is 2.88. The number of carbonyl (C=O) groups excluding carboxylic acids is 1. The van der Waals surface area contributed by atoms with E-state index in [1.54, 1.807) is 0 Å². The number of methoxy groups -OCH3 is 1. The molecule has 0 saturated heterocycles. The van der Waals surface area contributed by atoms with Crippen LogP contribution < -0.4 is 0 Å². The van der Waals surface area contributed by atoms with E-state index in [1.807, 2.05) is 0 Å². The molecule has 0 spiro atoms. The van der Waals surface area contributed by atoms with Crippen molar-refractivity contribution in [1.29, 1.82) is 0 Å². The summed E-state index contributed by atoms with van der Waals surface area (Å²) in [4.78, 5) is 21.6. The maximum absolute atomic E-state index is 11.6. The molecule has 8 heteroatoms. The predicted octanol–water partition coefficient (Wildman–Crippen LogP) is 0.374. The van der Waals surface area contributed by atoms with Crippen LogP contribution in [0.5, 0.6) is 0 Å². The molecule has 0 aliphatic carbocycles. The molecule has 0 fully saturated rings. The van der Waals surface area contributed by atoms with Crippen molar-refractivity contribution in [2.24, 2.45) is 0 Å². The van der Waals surface area contributed by atoms with Crippen LogP contribution in [0.15, 0.2) is 10.5 Å². The summed E-state index contributed by atoms with van der Waals surface area (Å²) in [6.07, 6.45) is 0. The van der Waals surface area contributed by atoms with Crippen molar-refractivity contribution in [3.8, 4) is 0 Å². The van der Waals surface area contributed by atoms with Gasteiger partial charge in [0, 0.05) is 0 Å². The van der Waals surface area contributed by atoms with Gasteiger partial charge in [0.15, 0.2) is 9.84 Å². The van der Waals surface area contributed by atoms with Gasteiger partial charge in [-0.15, -0.1) is 0 Å². The first-order valence-electron chi connectivity index (χ1n) is 4.85. The summed E-state index contributed by atoms with van der Waals surface area (Å²) < 4.78 is 32.4. The second-order valence-electron chi connectivity index (χ2n) is 3.60. The Hall–Kier alpha value is -1.83. The van der Waals surface area contributed by atoms with E-state index in [0.717, 1.165) is 13.2 Å². The Labute approximate surface area is 103 Å². The standard InChI is InChI=1S/C10H12O7S/c1-6-8(10(12)13)3-7(17-6)4-18(14,15)5-9(11)16-2/h3H,4-5H2,1-2H3,(H,12,13). The lowest BCUT2D eigenvalue weighted by molar-refractivity contribution is -0.137. The highest BCUT2D eigenvalue weighted by atomic mass is 32.2. The fraction of sp³-hybridized carbons (Fsp3) is 0.400. The molecule has 0 aromatic carbocycles. The Morgan fingerprint density at radius 2 is 2.06 bits per heavy atom. The van der Waals surface area contributed by atoms with Crippen LogP contribution in [-0.4, -0.2) is 38.3 Å². The Kier molecular flexibility index (Phi) is 4.12. The van der Waals surface area contributed by atoms with Crippen LogP contribution in [-0.2, 0) is 25.1 Å². The summed E-state index contributed by atoms with van der Waals surface area (Å²) in [6, 6.07) is 1.13. The molecule has 0 radical (unpaired) electrons. The quantitative estimate of drug-likeness (QED) is 0.773. The molecular weight excluding hydrogens is 264 g/mol. The third-order valence-corrected chi connectivity index (χ3v) is 3.53. The minimum atomic E-state index is -3.74. The number of sulfone groups is 1. The molecule has 1 N–H and O–H groups in total. The lowest BCUT2D eigenvalue weighted by atomic mass is 10.2. The Morgan fingerprint density at radius 1 is 1.44 bits per heavy atom. The van der Waals surface area contributed by atoms with E-state index in [-0.39, 0.29) is 17.1 Å². The molecule has 100 valence electrons. The van der Waals surface area contributed by atoms with Gasteiger partial charge < -0.3 is 14.3 Å². The van der Waals surface area contributed by atoms with E-state index in [4.69, 9.17) is 9.52 Å². The molecule has 1 heterocycles. The van der Waals surface area contributed by atoms with E-state index in [9.17, 15) is 18.0 Å². The SMILES string of the molecule is COC(=O)CS(=O)(=O)Cc1cc(C(=O)O)c(C)o1. The van der Waals surface area contributed by atoms with Crippen LogP contribution in [0.4, 0.5) is 0 Å². The Bertz CT molecular complexity index is 567. The van der Waals surface area contributed by atoms with Crippen molar-refractivity contribution in [2.45, 2.75) is 12.7 Å². The predicted molar refractivity (Wildman–Crippen MR) is 59.9 cm³/mol. The van der Waals surface area contributed by atoms with Crippen molar-refractivity contribution >= 4 is 21.8 Å². The molecule has 1 rings (SSSR count). The van der Waals surface area contributed by atoms with E-state index in [2.05, 4.69) is 4.74 Å². The van der Waals surface area contributed by atoms with Gasteiger partial charge in [-0.1, -0.05) is 0 Å². The summed E-state index contributed by atoms with van der Waals surface area (Å²) in [6.45, 7) is 1.42. The average molecular weight is 276 g/mol. The molecule has 0 bridgehead atoms. The summed E-state index contributed by atoms with van der Waals surface area (Å²) in [7, 11) is -2.66. The number of aryl methyl sites for hydroxylation is 1. The van der Waals surface area contributed by atoms with Gasteiger partial charge in [0.2, 0.25) is 0 Å². The van der Waals surface area contributed by atoms with Gasteiger partial charge in [0.05, 0.1) is 7.11 Å². The molecule has 7 nitrogen and oxygen atoms in total. The number of aromatic carboxylic acids is 1. The molecule has 0 amide bonds. The van der Waals surface area contributed by atoms with Crippen LogP contribution in [0.25, 0.3) is 0 Å². The van der Waals surface area contributed by atoms with Crippen molar-refractivity contribution < 1.29 is 32.3 Å². The molecule has 0 saturated carbocycles. The van der Waals surface area contributed by atoms with Gasteiger partial charge in [0.1, 0.15) is 28.6 Å². The van der Waals surface area contributed by atoms with Crippen LogP contribution in [0, 0.1) is 6.92 Å². The number of ether oxygens (including phenoxy) is 1. The van der Waals surface area contributed by atoms with Crippen molar-refractivity contribution in [2.75, 3.05) is 12.9 Å². The van der Waals surface area contributed by atoms with Crippen LogP contribution in [0.2, 0.25) is 0 Å². The van der Waals surface area contributed by atoms with Crippen molar-refractivity contribution in [3.63, 3.8) is 0 Å². The summed E-state index contributed by atoms with van der Waals surface area (Å²) in [5, 5.41) is 8.78. The first-order chi connectivity index (χ1) is 8.25. The first kappa shape index (κ1) is 14.2. The number of hydrogen-bond donors (Lipinski definition) is 1. The summed E-state index contributed by atoms with van der Waals surface area (Å²) in [5.41, 5.74) is -0.0988. The van der Waals surface area contributed by atoms with Gasteiger partial charge in [-0.25, -0.2) is 13.2 Å². The van der Waals surface area contributed by atoms with Gasteiger partial charge in [-0.05, 0) is 13.0 Å². The number of carbonyl (C=O) groups is 2. The van der Waals surface area contributed by atoms with E-state index in [0.29, 0.717) is 0 Å². The topological polar surface area (TPSA) is 111 Å². The minimum Gasteiger partial charge on any atom is -0.478 e. The molecule has 0 aliphatic heterocycles. The normalized spacial score (nSPS) is 11.2. The minimum absolute atomic E-state index is 0.0196. The van der Waals surface area contributed by atoms with E-state index < -0.39 is 33.3 Å². The highest BCUT2D eigenvalue weighted by Gasteiger charge is 2.22. The van der Waals surface area contributed by atoms with Crippen molar-refractivity contribution in [1.82, 2.24) is 0 Å². The lowest BCUT2D eigenvalue weighted by Gasteiger charge is -2.00. The number of esters is 1. The largest absolute Gasteiger partial charge is 0.478 e. The van der Waals surface area contributed by atoms with Gasteiger partial charge in [-0.3, -0.25) is 4.79 Å². The molecule has 0 aliphatic rings. The molecule has 0 unspecified atom stereocenters. The maximum atomic E-state index is 11.6. The van der Waals surface area contributed by atoms with Crippen molar-refractivity contribution in [3.05, 3.63) is 23.2 Å². The first-order valence-corrected chi connectivity index (χ1v) is 6.67. The van der Waals surface area contributed by atoms with Gasteiger partial charge in [-0.2, -0.15) is 0 Å². The van der Waals surface area contributed by atoms with Gasteiger partial charge in [0.25, 0.3) is 0 Å². The maximum Gasteiger partial charge on any atom is 0.339 e. The molecule has 1 aromatic rings. The zero-order valence-corrected chi connectivity index (χ0v) is 10.6. The average Bonchev–Trinajstić information content (AvgIpc) is 2.57. The molecule has 18 heavy (non-hydrogen) atoms. The smallest absolute Gasteiger partial charge is 0.339 e. The number of carboxylic acids is 1. The third-order valence-electron chi connectivity index (χ3n) is 2.13. The zero-order chi connectivity index (χ0) is 13.9. The zero-order valence-electron chi connectivity index (χ0n) is 9.80. The number of hydrogen-bond acceptors (Lipinski definition) is 6. The number of rotatable bonds is 5. The Morgan fingerprint density at radius 3 is 2.50 bits per heavy atom. The fourth-order valence-corrected chi connectivity index (χ4v) is 2.49. The van der Waals surface area contributed by atoms with E-state index >= 15 is 0 Å². The second-order valence-corrected chi connectivity index (χ2v) is 5.66. The fourth-order valence-electron chi connectivity index (χ4n) is 1.33. The second kappa shape index (κ2) is 5.21. The molecular formula is C10H12O7S. The summed E-state index contributed by atoms with van der Waals surface area (Å²) >= 11 is 0. The molecule has 0 atom stereocenters. The number of carboxylic acid groups (broad SMARTS) is 1. The highest BCUT2D eigenvalue weighted by Crippen LogP contribution is 2.17. The van der Waals surface area contributed by atoms with Crippen LogP contribution in [0.1, 0.15) is 21.9 Å². The summed E-state index contributed by atoms with van der Waals surface area (Å²) in [5.74, 6) is -3.30. The van der Waals surface area contributed by atoms with Gasteiger partial charge >= 0.3 is 11.9 Å². The van der Waals surface area contributed by atoms with Crippen LogP contribution in [0.3, 0.4) is 0 Å². The highest BCUT2D eigenvalue weighted by molar-refractivity contribution is 7.91.